The average molecular weight is 241 g/mol. The molecule has 0 bridgehead atoms. The second-order valence-corrected chi connectivity index (χ2v) is 3.53. The second kappa shape index (κ2) is 4.40. The van der Waals surface area contributed by atoms with Gasteiger partial charge < -0.3 is 9.72 Å². The van der Waals surface area contributed by atoms with Crippen molar-refractivity contribution in [1.29, 1.82) is 0 Å². The van der Waals surface area contributed by atoms with Crippen LogP contribution in [0.1, 0.15) is 0 Å². The van der Waals surface area contributed by atoms with Crippen LogP contribution >= 0.6 is 11.6 Å². The zero-order valence-corrected chi connectivity index (χ0v) is 9.00. The van der Waals surface area contributed by atoms with Crippen molar-refractivity contribution in [3.8, 4) is 5.75 Å². The molecule has 0 fully saturated rings. The lowest BCUT2D eigenvalue weighted by Gasteiger charge is -2.04. The van der Waals surface area contributed by atoms with Crippen LogP contribution in [0.5, 0.6) is 5.75 Å². The Morgan fingerprint density at radius 3 is 2.81 bits per heavy atom. The zero-order chi connectivity index (χ0) is 11.5. The molecule has 2 rings (SSSR count). The first-order valence-electron chi connectivity index (χ1n) is 4.66. The lowest BCUT2D eigenvalue weighted by Crippen LogP contribution is -2.21. The molecule has 2 aromatic rings. The quantitative estimate of drug-likeness (QED) is 0.781. The summed E-state index contributed by atoms with van der Waals surface area (Å²) in [5.74, 6) is 0.922. The minimum Gasteiger partial charge on any atom is -0.492 e. The van der Waals surface area contributed by atoms with Crippen molar-refractivity contribution in [2.45, 2.75) is 0 Å². The molecule has 0 spiro atoms. The normalized spacial score (nSPS) is 10.6. The van der Waals surface area contributed by atoms with Crippen molar-refractivity contribution in [3.05, 3.63) is 39.0 Å². The van der Waals surface area contributed by atoms with E-state index in [1.54, 1.807) is 18.2 Å². The lowest BCUT2D eigenvalue weighted by atomic mass is 10.2. The van der Waals surface area contributed by atoms with E-state index >= 15 is 0 Å². The maximum atomic E-state index is 11.5. The van der Waals surface area contributed by atoms with E-state index < -0.39 is 11.2 Å². The first kappa shape index (κ1) is 10.8. The third kappa shape index (κ3) is 2.09. The van der Waals surface area contributed by atoms with Gasteiger partial charge in [-0.15, -0.1) is 11.6 Å². The highest BCUT2D eigenvalue weighted by Crippen LogP contribution is 2.15. The van der Waals surface area contributed by atoms with E-state index in [9.17, 15) is 9.59 Å². The van der Waals surface area contributed by atoms with Gasteiger partial charge in [0.05, 0.1) is 16.8 Å². The number of H-pyrrole nitrogens is 2. The van der Waals surface area contributed by atoms with E-state index in [4.69, 9.17) is 16.3 Å². The Balaban J connectivity index is 2.53. The molecule has 0 amide bonds. The van der Waals surface area contributed by atoms with E-state index in [2.05, 4.69) is 9.97 Å². The summed E-state index contributed by atoms with van der Waals surface area (Å²) in [4.78, 5) is 27.1. The predicted octanol–water partition coefficient (Wildman–Crippen LogP) is 0.834. The Hall–Kier alpha value is -1.75. The number of aromatic nitrogens is 2. The fourth-order valence-corrected chi connectivity index (χ4v) is 1.47. The number of aromatic amines is 2. The van der Waals surface area contributed by atoms with Gasteiger partial charge in [0.25, 0.3) is 5.56 Å². The van der Waals surface area contributed by atoms with Gasteiger partial charge >= 0.3 is 5.69 Å². The van der Waals surface area contributed by atoms with E-state index in [1.165, 1.54) is 0 Å². The maximum Gasteiger partial charge on any atom is 0.326 e. The molecule has 16 heavy (non-hydrogen) atoms. The second-order valence-electron chi connectivity index (χ2n) is 3.15. The highest BCUT2D eigenvalue weighted by molar-refractivity contribution is 6.18. The van der Waals surface area contributed by atoms with Crippen LogP contribution in [0.4, 0.5) is 0 Å². The Kier molecular flexibility index (Phi) is 2.96. The monoisotopic (exact) mass is 240 g/mol. The largest absolute Gasteiger partial charge is 0.492 e. The summed E-state index contributed by atoms with van der Waals surface area (Å²) in [7, 11) is 0. The Morgan fingerprint density at radius 2 is 2.06 bits per heavy atom. The van der Waals surface area contributed by atoms with Crippen molar-refractivity contribution in [2.24, 2.45) is 0 Å². The molecule has 2 N–H and O–H groups in total. The molecule has 5 nitrogen and oxygen atoms in total. The molecular weight excluding hydrogens is 232 g/mol. The molecule has 0 saturated carbocycles. The summed E-state index contributed by atoms with van der Waals surface area (Å²) in [6.07, 6.45) is 0. The van der Waals surface area contributed by atoms with Gasteiger partial charge in [0.1, 0.15) is 12.4 Å². The SMILES string of the molecule is O=c1[nH]c(=O)c2cc(OCCCl)ccc2[nH]1. The Morgan fingerprint density at radius 1 is 1.25 bits per heavy atom. The molecule has 0 saturated heterocycles. The van der Waals surface area contributed by atoms with E-state index in [-0.39, 0.29) is 0 Å². The third-order valence-corrected chi connectivity index (χ3v) is 2.21. The van der Waals surface area contributed by atoms with Gasteiger partial charge in [-0.25, -0.2) is 4.79 Å². The van der Waals surface area contributed by atoms with Crippen molar-refractivity contribution in [2.75, 3.05) is 12.5 Å². The number of ether oxygens (including phenoxy) is 1. The number of alkyl halides is 1. The minimum absolute atomic E-state index is 0.369. The number of hydrogen-bond donors (Lipinski definition) is 2. The van der Waals surface area contributed by atoms with Crippen LogP contribution in [-0.4, -0.2) is 22.5 Å². The van der Waals surface area contributed by atoms with E-state index in [0.29, 0.717) is 29.1 Å². The van der Waals surface area contributed by atoms with Gasteiger partial charge in [-0.2, -0.15) is 0 Å². The molecule has 6 heteroatoms. The van der Waals surface area contributed by atoms with E-state index in [1.807, 2.05) is 0 Å². The van der Waals surface area contributed by atoms with Gasteiger partial charge in [0, 0.05) is 0 Å². The summed E-state index contributed by atoms with van der Waals surface area (Å²) in [6.45, 7) is 0.369. The Labute approximate surface area is 95.0 Å². The number of fused-ring (bicyclic) bond motifs is 1. The van der Waals surface area contributed by atoms with Crippen LogP contribution in [0.15, 0.2) is 27.8 Å². The molecule has 0 unspecified atom stereocenters. The van der Waals surface area contributed by atoms with Gasteiger partial charge in [0.2, 0.25) is 0 Å². The number of nitrogens with one attached hydrogen (secondary N) is 2. The molecule has 84 valence electrons. The zero-order valence-electron chi connectivity index (χ0n) is 8.25. The van der Waals surface area contributed by atoms with Gasteiger partial charge in [0.15, 0.2) is 0 Å². The third-order valence-electron chi connectivity index (χ3n) is 2.06. The van der Waals surface area contributed by atoms with Crippen LogP contribution in [0.25, 0.3) is 10.9 Å². The van der Waals surface area contributed by atoms with Crippen LogP contribution in [-0.2, 0) is 0 Å². The van der Waals surface area contributed by atoms with Gasteiger partial charge in [-0.3, -0.25) is 9.78 Å². The van der Waals surface area contributed by atoms with Gasteiger partial charge in [-0.1, -0.05) is 0 Å². The molecule has 1 aromatic carbocycles. The number of benzene rings is 1. The molecule has 0 aliphatic rings. The molecule has 0 aliphatic carbocycles. The smallest absolute Gasteiger partial charge is 0.326 e. The standard InChI is InChI=1S/C10H9ClN2O3/c11-3-4-16-6-1-2-8-7(5-6)9(14)13-10(15)12-8/h1-2,5H,3-4H2,(H2,12,13,14,15). The van der Waals surface area contributed by atoms with Crippen LogP contribution < -0.4 is 16.0 Å². The molecule has 0 radical (unpaired) electrons. The minimum atomic E-state index is -0.521. The molecular formula is C10H9ClN2O3. The number of hydrogen-bond acceptors (Lipinski definition) is 3. The first-order chi connectivity index (χ1) is 7.70. The summed E-state index contributed by atoms with van der Waals surface area (Å²) in [6, 6.07) is 4.86. The molecule has 0 atom stereocenters. The van der Waals surface area contributed by atoms with Crippen LogP contribution in [0, 0.1) is 0 Å². The van der Waals surface area contributed by atoms with Crippen molar-refractivity contribution in [1.82, 2.24) is 9.97 Å². The Bertz CT molecular complexity index is 617. The number of halogens is 1. The fraction of sp³-hybridized carbons (Fsp3) is 0.200. The predicted molar refractivity (Wildman–Crippen MR) is 61.4 cm³/mol. The lowest BCUT2D eigenvalue weighted by molar-refractivity contribution is 0.343. The van der Waals surface area contributed by atoms with Crippen LogP contribution in [0.2, 0.25) is 0 Å². The summed E-state index contributed by atoms with van der Waals surface area (Å²) in [5.41, 5.74) is -0.478. The highest BCUT2D eigenvalue weighted by Gasteiger charge is 2.02. The molecule has 1 heterocycles. The van der Waals surface area contributed by atoms with Gasteiger partial charge in [-0.05, 0) is 18.2 Å². The van der Waals surface area contributed by atoms with E-state index in [0.717, 1.165) is 0 Å². The number of rotatable bonds is 3. The van der Waals surface area contributed by atoms with Crippen molar-refractivity contribution >= 4 is 22.5 Å². The first-order valence-corrected chi connectivity index (χ1v) is 5.19. The summed E-state index contributed by atoms with van der Waals surface area (Å²) in [5, 5.41) is 0.381. The highest BCUT2D eigenvalue weighted by atomic mass is 35.5. The maximum absolute atomic E-state index is 11.5. The van der Waals surface area contributed by atoms with Crippen LogP contribution in [0.3, 0.4) is 0 Å². The topological polar surface area (TPSA) is 74.9 Å². The molecule has 1 aromatic heterocycles. The molecule has 0 aliphatic heterocycles. The summed E-state index contributed by atoms with van der Waals surface area (Å²) >= 11 is 5.48. The average Bonchev–Trinajstić information content (AvgIpc) is 2.26. The summed E-state index contributed by atoms with van der Waals surface area (Å²) < 4.78 is 5.27. The van der Waals surface area contributed by atoms with Crippen molar-refractivity contribution < 1.29 is 4.74 Å². The fourth-order valence-electron chi connectivity index (χ4n) is 1.39. The van der Waals surface area contributed by atoms with Crippen molar-refractivity contribution in [3.63, 3.8) is 0 Å².